The third kappa shape index (κ3) is 6.13. The summed E-state index contributed by atoms with van der Waals surface area (Å²) in [5.74, 6) is 1.12. The molecule has 0 saturated carbocycles. The van der Waals surface area contributed by atoms with Crippen molar-refractivity contribution in [3.63, 3.8) is 0 Å². The van der Waals surface area contributed by atoms with Gasteiger partial charge in [0, 0.05) is 16.8 Å². The molecule has 0 aliphatic rings. The van der Waals surface area contributed by atoms with E-state index in [0.717, 1.165) is 16.9 Å². The molecule has 0 unspecified atom stereocenters. The average molecular weight is 448 g/mol. The van der Waals surface area contributed by atoms with Crippen LogP contribution in [0.1, 0.15) is 58.5 Å². The number of benzene rings is 3. The number of amides is 1. The van der Waals surface area contributed by atoms with Gasteiger partial charge in [-0.05, 0) is 66.9 Å². The molecule has 0 bridgehead atoms. The predicted octanol–water partition coefficient (Wildman–Crippen LogP) is 5.83. The summed E-state index contributed by atoms with van der Waals surface area (Å²) in [6.07, 6.45) is 0. The Hall–Kier alpha value is -3.80. The lowest BCUT2D eigenvalue weighted by molar-refractivity contribution is 0.0526. The van der Waals surface area contributed by atoms with Gasteiger partial charge in [-0.25, -0.2) is 4.79 Å². The second-order valence-corrected chi connectivity index (χ2v) is 7.76. The maximum atomic E-state index is 12.8. The van der Waals surface area contributed by atoms with Crippen LogP contribution in [-0.2, 0) is 11.3 Å². The van der Waals surface area contributed by atoms with Crippen molar-refractivity contribution in [2.45, 2.75) is 33.3 Å². The van der Waals surface area contributed by atoms with E-state index in [2.05, 4.69) is 19.2 Å². The van der Waals surface area contributed by atoms with Crippen molar-refractivity contribution < 1.29 is 23.8 Å². The quantitative estimate of drug-likeness (QED) is 0.418. The van der Waals surface area contributed by atoms with Crippen LogP contribution in [0.5, 0.6) is 11.5 Å². The standard InChI is InChI=1S/C27H29NO5/c1-5-32-27(30)19-10-13-22(14-11-19)28-26(29)20-12-15-24(31-4)21(16-20)17-33-25-9-7-6-8-23(25)18(2)3/h6-16,18H,5,17H2,1-4H3,(H,28,29). The lowest BCUT2D eigenvalue weighted by Crippen LogP contribution is -2.13. The van der Waals surface area contributed by atoms with Gasteiger partial charge in [0.2, 0.25) is 0 Å². The highest BCUT2D eigenvalue weighted by molar-refractivity contribution is 6.04. The fraction of sp³-hybridized carbons (Fsp3) is 0.259. The number of ether oxygens (including phenoxy) is 3. The second-order valence-electron chi connectivity index (χ2n) is 7.76. The fourth-order valence-electron chi connectivity index (χ4n) is 3.38. The topological polar surface area (TPSA) is 73.9 Å². The van der Waals surface area contributed by atoms with Crippen LogP contribution in [0.2, 0.25) is 0 Å². The minimum Gasteiger partial charge on any atom is -0.496 e. The van der Waals surface area contributed by atoms with Crippen LogP contribution in [0.4, 0.5) is 5.69 Å². The Bertz CT molecular complexity index is 1110. The summed E-state index contributed by atoms with van der Waals surface area (Å²) < 4.78 is 16.5. The van der Waals surface area contributed by atoms with Gasteiger partial charge in [-0.2, -0.15) is 0 Å². The molecular weight excluding hydrogens is 418 g/mol. The normalized spacial score (nSPS) is 10.6. The summed E-state index contributed by atoms with van der Waals surface area (Å²) in [5.41, 5.74) is 3.37. The molecule has 3 aromatic carbocycles. The summed E-state index contributed by atoms with van der Waals surface area (Å²) in [6, 6.07) is 19.7. The first-order valence-corrected chi connectivity index (χ1v) is 10.9. The van der Waals surface area contributed by atoms with Gasteiger partial charge in [0.05, 0.1) is 19.3 Å². The molecular formula is C27H29NO5. The molecule has 0 aliphatic carbocycles. The molecule has 0 aliphatic heterocycles. The maximum Gasteiger partial charge on any atom is 0.338 e. The smallest absolute Gasteiger partial charge is 0.338 e. The third-order valence-electron chi connectivity index (χ3n) is 5.12. The first kappa shape index (κ1) is 23.9. The maximum absolute atomic E-state index is 12.8. The predicted molar refractivity (Wildman–Crippen MR) is 128 cm³/mol. The number of para-hydroxylation sites is 1. The zero-order valence-electron chi connectivity index (χ0n) is 19.4. The van der Waals surface area contributed by atoms with Crippen molar-refractivity contribution in [3.8, 4) is 11.5 Å². The molecule has 0 saturated heterocycles. The summed E-state index contributed by atoms with van der Waals surface area (Å²) in [4.78, 5) is 24.6. The zero-order valence-corrected chi connectivity index (χ0v) is 19.4. The van der Waals surface area contributed by atoms with Crippen LogP contribution >= 0.6 is 0 Å². The van der Waals surface area contributed by atoms with E-state index < -0.39 is 5.97 Å². The minimum absolute atomic E-state index is 0.266. The van der Waals surface area contributed by atoms with Gasteiger partial charge < -0.3 is 19.5 Å². The summed E-state index contributed by atoms with van der Waals surface area (Å²) in [6.45, 7) is 6.57. The number of carbonyl (C=O) groups is 2. The molecule has 3 aromatic rings. The molecule has 6 nitrogen and oxygen atoms in total. The van der Waals surface area contributed by atoms with Gasteiger partial charge in [-0.1, -0.05) is 32.0 Å². The summed E-state index contributed by atoms with van der Waals surface area (Å²) in [7, 11) is 1.59. The van der Waals surface area contributed by atoms with Crippen molar-refractivity contribution in [3.05, 3.63) is 89.0 Å². The number of hydrogen-bond acceptors (Lipinski definition) is 5. The molecule has 0 spiro atoms. The Morgan fingerprint density at radius 2 is 1.61 bits per heavy atom. The van der Waals surface area contributed by atoms with E-state index >= 15 is 0 Å². The summed E-state index contributed by atoms with van der Waals surface area (Å²) in [5, 5.41) is 2.85. The fourth-order valence-corrected chi connectivity index (χ4v) is 3.38. The van der Waals surface area contributed by atoms with Crippen molar-refractivity contribution in [2.24, 2.45) is 0 Å². The molecule has 3 rings (SSSR count). The molecule has 6 heteroatoms. The van der Waals surface area contributed by atoms with Crippen molar-refractivity contribution >= 4 is 17.6 Å². The van der Waals surface area contributed by atoms with E-state index in [9.17, 15) is 9.59 Å². The Morgan fingerprint density at radius 1 is 0.909 bits per heavy atom. The number of methoxy groups -OCH3 is 1. The highest BCUT2D eigenvalue weighted by Gasteiger charge is 2.14. The highest BCUT2D eigenvalue weighted by atomic mass is 16.5. The Balaban J connectivity index is 1.73. The number of anilines is 1. The molecule has 172 valence electrons. The first-order chi connectivity index (χ1) is 15.9. The molecule has 1 amide bonds. The number of esters is 1. The lowest BCUT2D eigenvalue weighted by Gasteiger charge is -2.16. The Kier molecular flexibility index (Phi) is 8.08. The van der Waals surface area contributed by atoms with Gasteiger partial charge in [-0.15, -0.1) is 0 Å². The van der Waals surface area contributed by atoms with E-state index in [1.54, 1.807) is 56.5 Å². The molecule has 33 heavy (non-hydrogen) atoms. The Labute approximate surface area is 194 Å². The number of rotatable bonds is 9. The van der Waals surface area contributed by atoms with Gasteiger partial charge in [0.25, 0.3) is 5.91 Å². The molecule has 0 aromatic heterocycles. The van der Waals surface area contributed by atoms with Crippen LogP contribution < -0.4 is 14.8 Å². The lowest BCUT2D eigenvalue weighted by atomic mass is 10.0. The highest BCUT2D eigenvalue weighted by Crippen LogP contribution is 2.28. The van der Waals surface area contributed by atoms with Crippen LogP contribution in [0.15, 0.2) is 66.7 Å². The molecule has 0 atom stereocenters. The van der Waals surface area contributed by atoms with E-state index in [1.165, 1.54) is 0 Å². The molecule has 1 N–H and O–H groups in total. The largest absolute Gasteiger partial charge is 0.496 e. The third-order valence-corrected chi connectivity index (χ3v) is 5.12. The number of carbonyl (C=O) groups excluding carboxylic acids is 2. The molecule has 0 heterocycles. The van der Waals surface area contributed by atoms with Crippen LogP contribution in [0, 0.1) is 0 Å². The van der Waals surface area contributed by atoms with Crippen molar-refractivity contribution in [1.29, 1.82) is 0 Å². The van der Waals surface area contributed by atoms with E-state index in [0.29, 0.717) is 35.1 Å². The van der Waals surface area contributed by atoms with Gasteiger partial charge in [0.1, 0.15) is 18.1 Å². The van der Waals surface area contributed by atoms with Gasteiger partial charge >= 0.3 is 5.97 Å². The SMILES string of the molecule is CCOC(=O)c1ccc(NC(=O)c2ccc(OC)c(COc3ccccc3C(C)C)c2)cc1. The van der Waals surface area contributed by atoms with Crippen molar-refractivity contribution in [1.82, 2.24) is 0 Å². The minimum atomic E-state index is -0.394. The van der Waals surface area contributed by atoms with Gasteiger partial charge in [-0.3, -0.25) is 4.79 Å². The number of hydrogen-bond donors (Lipinski definition) is 1. The van der Waals surface area contributed by atoms with E-state index in [-0.39, 0.29) is 12.5 Å². The van der Waals surface area contributed by atoms with E-state index in [4.69, 9.17) is 14.2 Å². The Morgan fingerprint density at radius 3 is 2.27 bits per heavy atom. The van der Waals surface area contributed by atoms with Crippen LogP contribution in [0.3, 0.4) is 0 Å². The first-order valence-electron chi connectivity index (χ1n) is 10.9. The molecule has 0 fully saturated rings. The van der Waals surface area contributed by atoms with Crippen molar-refractivity contribution in [2.75, 3.05) is 19.0 Å². The molecule has 0 radical (unpaired) electrons. The number of nitrogens with one attached hydrogen (secondary N) is 1. The second kappa shape index (κ2) is 11.2. The van der Waals surface area contributed by atoms with E-state index in [1.807, 2.05) is 24.3 Å². The average Bonchev–Trinajstić information content (AvgIpc) is 2.83. The monoisotopic (exact) mass is 447 g/mol. The summed E-state index contributed by atoms with van der Waals surface area (Å²) >= 11 is 0. The van der Waals surface area contributed by atoms with Crippen LogP contribution in [-0.4, -0.2) is 25.6 Å². The van der Waals surface area contributed by atoms with Crippen LogP contribution in [0.25, 0.3) is 0 Å². The zero-order chi connectivity index (χ0) is 23.8. The van der Waals surface area contributed by atoms with Gasteiger partial charge in [0.15, 0.2) is 0 Å².